The molecule has 7 nitrogen and oxygen atoms in total. The highest BCUT2D eigenvalue weighted by atomic mass is 35.5. The molecule has 0 spiro atoms. The second kappa shape index (κ2) is 12.4. The summed E-state index contributed by atoms with van der Waals surface area (Å²) < 4.78 is 0. The smallest absolute Gasteiger partial charge is 0.237 e. The summed E-state index contributed by atoms with van der Waals surface area (Å²) >= 11 is 0. The lowest BCUT2D eigenvalue weighted by molar-refractivity contribution is -0.125. The molecule has 0 bridgehead atoms. The molecule has 0 radical (unpaired) electrons. The largest absolute Gasteiger partial charge is 0.354 e. The molecule has 0 aromatic rings. The van der Waals surface area contributed by atoms with Gasteiger partial charge in [0.1, 0.15) is 0 Å². The maximum Gasteiger partial charge on any atom is 0.237 e. The number of amides is 2. The number of nitrogens with one attached hydrogen (secondary N) is 3. The Morgan fingerprint density at radius 2 is 1.70 bits per heavy atom. The van der Waals surface area contributed by atoms with Crippen LogP contribution in [-0.2, 0) is 9.59 Å². The fraction of sp³-hybridized carbons (Fsp3) is 0.905. The van der Waals surface area contributed by atoms with Crippen LogP contribution in [0.25, 0.3) is 0 Å². The molecule has 4 fully saturated rings. The first-order chi connectivity index (χ1) is 13.7. The first kappa shape index (κ1) is 25.7. The van der Waals surface area contributed by atoms with Crippen molar-refractivity contribution in [3.05, 3.63) is 0 Å². The Bertz CT molecular complexity index is 550. The number of rotatable bonds is 7. The summed E-state index contributed by atoms with van der Waals surface area (Å²) in [6.07, 6.45) is 9.19. The predicted molar refractivity (Wildman–Crippen MR) is 123 cm³/mol. The highest BCUT2D eigenvalue weighted by molar-refractivity contribution is 5.85. The third-order valence-electron chi connectivity index (χ3n) is 6.87. The predicted octanol–water partition coefficient (Wildman–Crippen LogP) is 1.15. The fourth-order valence-corrected chi connectivity index (χ4v) is 5.06. The Hall–Kier alpha value is -0.600. The van der Waals surface area contributed by atoms with E-state index in [2.05, 4.69) is 25.8 Å². The van der Waals surface area contributed by atoms with Crippen LogP contribution in [0.15, 0.2) is 0 Å². The van der Waals surface area contributed by atoms with Crippen LogP contribution < -0.4 is 16.0 Å². The van der Waals surface area contributed by atoms with Crippen LogP contribution in [0.3, 0.4) is 0 Å². The second-order valence-corrected chi connectivity index (χ2v) is 9.25. The molecule has 30 heavy (non-hydrogen) atoms. The number of likely N-dealkylation sites (tertiary alicyclic amines) is 2. The Morgan fingerprint density at radius 1 is 0.933 bits per heavy atom. The van der Waals surface area contributed by atoms with Crippen LogP contribution >= 0.6 is 24.8 Å². The number of piperidine rings is 2. The second-order valence-electron chi connectivity index (χ2n) is 9.25. The summed E-state index contributed by atoms with van der Waals surface area (Å²) in [7, 11) is 0. The molecule has 4 aliphatic rings. The zero-order valence-corrected chi connectivity index (χ0v) is 19.6. The minimum absolute atomic E-state index is 0. The molecule has 0 aromatic heterocycles. The van der Waals surface area contributed by atoms with E-state index in [4.69, 9.17) is 0 Å². The van der Waals surface area contributed by atoms with Gasteiger partial charge in [0.2, 0.25) is 11.8 Å². The van der Waals surface area contributed by atoms with E-state index in [0.717, 1.165) is 83.8 Å². The maximum atomic E-state index is 12.5. The number of carbonyl (C=O) groups excluding carboxylic acids is 2. The third kappa shape index (κ3) is 7.52. The molecule has 174 valence electrons. The monoisotopic (exact) mass is 463 g/mol. The first-order valence-corrected chi connectivity index (χ1v) is 11.4. The van der Waals surface area contributed by atoms with Crippen molar-refractivity contribution in [2.45, 2.75) is 69.5 Å². The number of hydrogen-bond acceptors (Lipinski definition) is 5. The lowest BCUT2D eigenvalue weighted by Crippen LogP contribution is -2.50. The zero-order valence-electron chi connectivity index (χ0n) is 17.9. The van der Waals surface area contributed by atoms with Crippen LogP contribution in [0.5, 0.6) is 0 Å². The summed E-state index contributed by atoms with van der Waals surface area (Å²) in [6, 6.07) is 1.19. The van der Waals surface area contributed by atoms with E-state index in [9.17, 15) is 9.59 Å². The molecule has 2 atom stereocenters. The van der Waals surface area contributed by atoms with Crippen molar-refractivity contribution in [3.8, 4) is 0 Å². The van der Waals surface area contributed by atoms with Gasteiger partial charge in [-0.1, -0.05) is 0 Å². The molecule has 2 amide bonds. The lowest BCUT2D eigenvalue weighted by atomic mass is 9.97. The van der Waals surface area contributed by atoms with E-state index in [1.807, 2.05) is 0 Å². The molecule has 1 aliphatic carbocycles. The Labute approximate surface area is 193 Å². The Morgan fingerprint density at radius 3 is 2.37 bits per heavy atom. The van der Waals surface area contributed by atoms with Gasteiger partial charge in [-0.2, -0.15) is 0 Å². The Balaban J connectivity index is 0.00000160. The van der Waals surface area contributed by atoms with E-state index >= 15 is 0 Å². The van der Waals surface area contributed by atoms with Gasteiger partial charge in [-0.05, 0) is 70.4 Å². The van der Waals surface area contributed by atoms with Crippen molar-refractivity contribution >= 4 is 36.6 Å². The summed E-state index contributed by atoms with van der Waals surface area (Å²) in [4.78, 5) is 29.5. The molecular weight excluding hydrogens is 425 g/mol. The summed E-state index contributed by atoms with van der Waals surface area (Å²) in [5, 5.41) is 9.63. The van der Waals surface area contributed by atoms with Crippen molar-refractivity contribution in [2.75, 3.05) is 45.8 Å². The van der Waals surface area contributed by atoms with Crippen molar-refractivity contribution in [1.82, 2.24) is 25.8 Å². The average molecular weight is 464 g/mol. The molecule has 0 aromatic carbocycles. The van der Waals surface area contributed by atoms with Gasteiger partial charge in [-0.15, -0.1) is 24.8 Å². The standard InChI is InChI=1S/C21H37N5O2.2ClH/c27-20(24-17-7-11-26(12-8-17)18-5-6-18)15-25-10-2-3-16(14-25)13-23-21(28)19-4-1-9-22-19;;/h16-19,22H,1-15H2,(H,23,28)(H,24,27);2*1H. The summed E-state index contributed by atoms with van der Waals surface area (Å²) in [6.45, 7) is 6.35. The van der Waals surface area contributed by atoms with E-state index in [-0.39, 0.29) is 42.7 Å². The molecule has 3 saturated heterocycles. The molecule has 3 heterocycles. The van der Waals surface area contributed by atoms with E-state index in [0.29, 0.717) is 18.5 Å². The molecule has 3 N–H and O–H groups in total. The van der Waals surface area contributed by atoms with E-state index in [1.54, 1.807) is 0 Å². The van der Waals surface area contributed by atoms with Gasteiger partial charge in [-0.25, -0.2) is 0 Å². The van der Waals surface area contributed by atoms with Crippen LogP contribution in [0, 0.1) is 5.92 Å². The number of nitrogens with zero attached hydrogens (tertiary/aromatic N) is 2. The topological polar surface area (TPSA) is 76.7 Å². The fourth-order valence-electron chi connectivity index (χ4n) is 5.06. The van der Waals surface area contributed by atoms with Gasteiger partial charge >= 0.3 is 0 Å². The number of halogens is 2. The molecular formula is C21H39Cl2N5O2. The van der Waals surface area contributed by atoms with Crippen molar-refractivity contribution in [3.63, 3.8) is 0 Å². The van der Waals surface area contributed by atoms with Gasteiger partial charge < -0.3 is 20.9 Å². The van der Waals surface area contributed by atoms with E-state index < -0.39 is 0 Å². The normalized spacial score (nSPS) is 28.3. The molecule has 2 unspecified atom stereocenters. The SMILES string of the molecule is Cl.Cl.O=C(CN1CCCC(CNC(=O)C2CCCN2)C1)NC1CCN(C2CC2)CC1. The number of hydrogen-bond donors (Lipinski definition) is 3. The minimum Gasteiger partial charge on any atom is -0.354 e. The van der Waals surface area contributed by atoms with Gasteiger partial charge in [0.25, 0.3) is 0 Å². The van der Waals surface area contributed by atoms with Crippen LogP contribution in [0.2, 0.25) is 0 Å². The summed E-state index contributed by atoms with van der Waals surface area (Å²) in [5.74, 6) is 0.767. The quantitative estimate of drug-likeness (QED) is 0.527. The Kier molecular flexibility index (Phi) is 10.6. The van der Waals surface area contributed by atoms with Crippen LogP contribution in [-0.4, -0.2) is 85.6 Å². The third-order valence-corrected chi connectivity index (χ3v) is 6.87. The molecule has 9 heteroatoms. The van der Waals surface area contributed by atoms with Crippen molar-refractivity contribution < 1.29 is 9.59 Å². The molecule has 3 aliphatic heterocycles. The highest BCUT2D eigenvalue weighted by Crippen LogP contribution is 2.29. The van der Waals surface area contributed by atoms with Crippen LogP contribution in [0.1, 0.15) is 51.4 Å². The molecule has 1 saturated carbocycles. The van der Waals surface area contributed by atoms with Crippen molar-refractivity contribution in [2.24, 2.45) is 5.92 Å². The average Bonchev–Trinajstić information content (AvgIpc) is 3.40. The zero-order chi connectivity index (χ0) is 19.3. The van der Waals surface area contributed by atoms with Gasteiger partial charge in [-0.3, -0.25) is 14.5 Å². The lowest BCUT2D eigenvalue weighted by Gasteiger charge is -2.34. The summed E-state index contributed by atoms with van der Waals surface area (Å²) in [5.41, 5.74) is 0. The maximum absolute atomic E-state index is 12.5. The van der Waals surface area contributed by atoms with Gasteiger partial charge in [0.05, 0.1) is 12.6 Å². The minimum atomic E-state index is -0.00296. The van der Waals surface area contributed by atoms with Crippen molar-refractivity contribution in [1.29, 1.82) is 0 Å². The van der Waals surface area contributed by atoms with Gasteiger partial charge in [0.15, 0.2) is 0 Å². The van der Waals surface area contributed by atoms with Gasteiger partial charge in [0, 0.05) is 38.3 Å². The van der Waals surface area contributed by atoms with Crippen LogP contribution in [0.4, 0.5) is 0 Å². The van der Waals surface area contributed by atoms with E-state index in [1.165, 1.54) is 12.8 Å². The highest BCUT2D eigenvalue weighted by Gasteiger charge is 2.32. The number of carbonyl (C=O) groups is 2. The first-order valence-electron chi connectivity index (χ1n) is 11.4. The molecule has 4 rings (SSSR count).